The molecule has 1 fully saturated rings. The molecule has 33 heavy (non-hydrogen) atoms. The summed E-state index contributed by atoms with van der Waals surface area (Å²) in [5.74, 6) is -0.979. The van der Waals surface area contributed by atoms with Gasteiger partial charge >= 0.3 is 37.7 Å². The molecular formula is C22H28CaClFN2O5S. The standard InChI is InChI=1S/C22H26ClFN2O5S.Ca.2H/c1-15-11-26(16(2)10-25(15)12-17-3-6-20(24)7-4-17)22(27)13-31-21-8-5-19(23)9-18(21)14-32(28,29)30;;;/h3-9,15-16H,10-14H2,1-2H3,(H,28,29,30);;;/t15-,16+;;;/m0.../s1. The molecule has 1 N–H and O–H groups in total. The molecule has 0 radical (unpaired) electrons. The minimum atomic E-state index is -4.29. The van der Waals surface area contributed by atoms with Crippen LogP contribution in [0.4, 0.5) is 4.39 Å². The SMILES string of the molecule is C[C@@H]1CN(Cc2ccc(F)cc2)[C@@H](C)CN1C(=O)COc1ccc(Cl)cc1CS(=O)(=O)O.[CaH2]. The van der Waals surface area contributed by atoms with Crippen molar-refractivity contribution >= 4 is 65.4 Å². The van der Waals surface area contributed by atoms with E-state index in [1.807, 2.05) is 13.8 Å². The first-order chi connectivity index (χ1) is 15.0. The first-order valence-electron chi connectivity index (χ1n) is 10.2. The van der Waals surface area contributed by atoms with Gasteiger partial charge in [-0.05, 0) is 49.7 Å². The Hall–Kier alpha value is -0.940. The number of carbonyl (C=O) groups excluding carboxylic acids is 1. The number of ether oxygens (including phenoxy) is 1. The zero-order chi connectivity index (χ0) is 23.5. The number of halogens is 2. The van der Waals surface area contributed by atoms with E-state index in [9.17, 15) is 17.6 Å². The van der Waals surface area contributed by atoms with Crippen LogP contribution in [0.25, 0.3) is 0 Å². The van der Waals surface area contributed by atoms with Gasteiger partial charge < -0.3 is 9.64 Å². The Morgan fingerprint density at radius 3 is 2.45 bits per heavy atom. The van der Waals surface area contributed by atoms with E-state index in [1.54, 1.807) is 17.0 Å². The van der Waals surface area contributed by atoms with Crippen LogP contribution in [-0.2, 0) is 27.2 Å². The van der Waals surface area contributed by atoms with Crippen molar-refractivity contribution in [3.8, 4) is 5.75 Å². The Bertz CT molecular complexity index is 1070. The van der Waals surface area contributed by atoms with E-state index in [2.05, 4.69) is 4.90 Å². The number of rotatable bonds is 7. The van der Waals surface area contributed by atoms with Crippen molar-refractivity contribution in [3.05, 3.63) is 64.4 Å². The second-order valence-corrected chi connectivity index (χ2v) is 9.96. The molecule has 0 unspecified atom stereocenters. The molecule has 178 valence electrons. The maximum absolute atomic E-state index is 13.1. The van der Waals surface area contributed by atoms with Crippen LogP contribution in [0.1, 0.15) is 25.0 Å². The Kier molecular flexibility index (Phi) is 10.4. The second kappa shape index (κ2) is 12.2. The fraction of sp³-hybridized carbons (Fsp3) is 0.409. The fourth-order valence-electron chi connectivity index (χ4n) is 3.81. The van der Waals surface area contributed by atoms with Crippen molar-refractivity contribution in [1.82, 2.24) is 9.80 Å². The Morgan fingerprint density at radius 2 is 1.82 bits per heavy atom. The summed E-state index contributed by atoms with van der Waals surface area (Å²) in [4.78, 5) is 16.8. The molecule has 0 saturated carbocycles. The summed E-state index contributed by atoms with van der Waals surface area (Å²) in [6.45, 7) is 5.53. The van der Waals surface area contributed by atoms with Crippen LogP contribution in [0.3, 0.4) is 0 Å². The van der Waals surface area contributed by atoms with Gasteiger partial charge in [0.1, 0.15) is 17.3 Å². The molecule has 0 spiro atoms. The molecule has 0 aromatic heterocycles. The number of benzene rings is 2. The predicted molar refractivity (Wildman–Crippen MR) is 128 cm³/mol. The molecule has 1 saturated heterocycles. The summed E-state index contributed by atoms with van der Waals surface area (Å²) < 4.78 is 50.4. The monoisotopic (exact) mass is 526 g/mol. The molecule has 0 aliphatic carbocycles. The van der Waals surface area contributed by atoms with Gasteiger partial charge in [0.15, 0.2) is 6.61 Å². The van der Waals surface area contributed by atoms with Crippen LogP contribution in [0.15, 0.2) is 42.5 Å². The van der Waals surface area contributed by atoms with Crippen molar-refractivity contribution in [3.63, 3.8) is 0 Å². The first-order valence-corrected chi connectivity index (χ1v) is 12.1. The Labute approximate surface area is 228 Å². The van der Waals surface area contributed by atoms with Gasteiger partial charge in [-0.3, -0.25) is 14.2 Å². The third-order valence-corrected chi connectivity index (χ3v) is 6.36. The minimum absolute atomic E-state index is 0. The van der Waals surface area contributed by atoms with Gasteiger partial charge in [-0.15, -0.1) is 0 Å². The summed E-state index contributed by atoms with van der Waals surface area (Å²) >= 11 is 5.91. The van der Waals surface area contributed by atoms with Gasteiger partial charge in [-0.25, -0.2) is 4.39 Å². The molecule has 3 rings (SSSR count). The molecule has 1 aliphatic rings. The van der Waals surface area contributed by atoms with Crippen molar-refractivity contribution in [2.24, 2.45) is 0 Å². The molecule has 1 aliphatic heterocycles. The third kappa shape index (κ3) is 8.35. The summed E-state index contributed by atoms with van der Waals surface area (Å²) in [5.41, 5.74) is 1.18. The van der Waals surface area contributed by atoms with E-state index in [0.29, 0.717) is 24.7 Å². The fourth-order valence-corrected chi connectivity index (χ4v) is 4.62. The zero-order valence-corrected chi connectivity index (χ0v) is 19.4. The molecule has 2 aromatic rings. The Balaban J connectivity index is 0.00000385. The first kappa shape index (κ1) is 28.3. The average molecular weight is 527 g/mol. The Morgan fingerprint density at radius 1 is 1.15 bits per heavy atom. The van der Waals surface area contributed by atoms with Crippen LogP contribution in [0, 0.1) is 5.82 Å². The second-order valence-electron chi connectivity index (χ2n) is 8.07. The summed E-state index contributed by atoms with van der Waals surface area (Å²) in [5, 5.41) is 0.294. The van der Waals surface area contributed by atoms with Crippen LogP contribution in [0.2, 0.25) is 5.02 Å². The van der Waals surface area contributed by atoms with Crippen molar-refractivity contribution in [2.45, 2.75) is 38.2 Å². The van der Waals surface area contributed by atoms with E-state index in [4.69, 9.17) is 20.9 Å². The molecule has 2 aromatic carbocycles. The molecule has 7 nitrogen and oxygen atoms in total. The van der Waals surface area contributed by atoms with Gasteiger partial charge in [0.05, 0.1) is 0 Å². The quantitative estimate of drug-likeness (QED) is 0.440. The number of carbonyl (C=O) groups is 1. The van der Waals surface area contributed by atoms with E-state index < -0.39 is 15.9 Å². The van der Waals surface area contributed by atoms with E-state index in [1.165, 1.54) is 30.3 Å². The van der Waals surface area contributed by atoms with Crippen LogP contribution < -0.4 is 4.74 Å². The third-order valence-electron chi connectivity index (χ3n) is 5.45. The van der Waals surface area contributed by atoms with Gasteiger partial charge in [-0.1, -0.05) is 23.7 Å². The number of hydrogen-bond acceptors (Lipinski definition) is 5. The number of piperazine rings is 1. The molecule has 1 heterocycles. The van der Waals surface area contributed by atoms with Gasteiger partial charge in [0, 0.05) is 42.3 Å². The molecular weight excluding hydrogens is 499 g/mol. The van der Waals surface area contributed by atoms with Gasteiger partial charge in [0.25, 0.3) is 16.0 Å². The predicted octanol–water partition coefficient (Wildman–Crippen LogP) is 2.45. The number of hydrogen-bond donors (Lipinski definition) is 1. The molecule has 1 amide bonds. The van der Waals surface area contributed by atoms with Crippen molar-refractivity contribution < 1.29 is 26.9 Å². The summed E-state index contributed by atoms with van der Waals surface area (Å²) in [6, 6.07) is 10.8. The average Bonchev–Trinajstić information content (AvgIpc) is 2.70. The van der Waals surface area contributed by atoms with Crippen LogP contribution >= 0.6 is 11.6 Å². The van der Waals surface area contributed by atoms with E-state index in [0.717, 1.165) is 5.56 Å². The topological polar surface area (TPSA) is 87.2 Å². The zero-order valence-electron chi connectivity index (χ0n) is 17.9. The van der Waals surface area contributed by atoms with Crippen molar-refractivity contribution in [2.75, 3.05) is 19.7 Å². The number of amides is 1. The summed E-state index contributed by atoms with van der Waals surface area (Å²) in [7, 11) is -4.29. The molecule has 0 bridgehead atoms. The van der Waals surface area contributed by atoms with Crippen molar-refractivity contribution in [1.29, 1.82) is 0 Å². The van der Waals surface area contributed by atoms with Crippen LogP contribution in [-0.4, -0.2) is 98.2 Å². The maximum atomic E-state index is 13.1. The van der Waals surface area contributed by atoms with Crippen LogP contribution in [0.5, 0.6) is 5.75 Å². The normalized spacial score (nSPS) is 19.1. The summed E-state index contributed by atoms with van der Waals surface area (Å²) in [6.07, 6.45) is 0. The van der Waals surface area contributed by atoms with Gasteiger partial charge in [-0.2, -0.15) is 8.42 Å². The molecule has 11 heteroatoms. The van der Waals surface area contributed by atoms with E-state index >= 15 is 0 Å². The molecule has 2 atom stereocenters. The van der Waals surface area contributed by atoms with E-state index in [-0.39, 0.29) is 79.5 Å². The van der Waals surface area contributed by atoms with Gasteiger partial charge in [0.2, 0.25) is 0 Å². The number of nitrogens with zero attached hydrogens (tertiary/aromatic N) is 2.